The van der Waals surface area contributed by atoms with Crippen molar-refractivity contribution in [1.29, 1.82) is 0 Å². The van der Waals surface area contributed by atoms with Gasteiger partial charge in [0.15, 0.2) is 5.78 Å². The average Bonchev–Trinajstić information content (AvgIpc) is 2.79. The first kappa shape index (κ1) is 19.5. The van der Waals surface area contributed by atoms with E-state index in [2.05, 4.69) is 4.90 Å². The van der Waals surface area contributed by atoms with Crippen LogP contribution in [0.3, 0.4) is 0 Å². The maximum Gasteiger partial charge on any atom is 0.173 e. The molecule has 2 aliphatic heterocycles. The van der Waals surface area contributed by atoms with Gasteiger partial charge >= 0.3 is 0 Å². The van der Waals surface area contributed by atoms with Crippen molar-refractivity contribution in [3.63, 3.8) is 0 Å². The second kappa shape index (κ2) is 7.97. The maximum atomic E-state index is 13.3. The summed E-state index contributed by atoms with van der Waals surface area (Å²) >= 11 is 5.99. The Morgan fingerprint density at radius 1 is 1.07 bits per heavy atom. The summed E-state index contributed by atoms with van der Waals surface area (Å²) < 4.78 is 17.6. The fourth-order valence-electron chi connectivity index (χ4n) is 4.85. The van der Waals surface area contributed by atoms with Gasteiger partial charge < -0.3 is 19.1 Å². The topological polar surface area (TPSA) is 48.0 Å². The van der Waals surface area contributed by atoms with Crippen LogP contribution >= 0.6 is 11.6 Å². The second-order valence-corrected chi connectivity index (χ2v) is 8.54. The van der Waals surface area contributed by atoms with E-state index >= 15 is 0 Å². The van der Waals surface area contributed by atoms with Crippen molar-refractivity contribution < 1.29 is 19.0 Å². The van der Waals surface area contributed by atoms with Gasteiger partial charge in [0.1, 0.15) is 18.6 Å². The monoisotopic (exact) mass is 425 g/mol. The van der Waals surface area contributed by atoms with Crippen LogP contribution < -0.4 is 9.64 Å². The molecule has 1 saturated carbocycles. The molecule has 6 heteroatoms. The van der Waals surface area contributed by atoms with E-state index in [-0.39, 0.29) is 29.8 Å². The number of ether oxygens (including phenoxy) is 3. The molecule has 2 aromatic carbocycles. The number of methoxy groups -OCH3 is 1. The molecule has 0 amide bonds. The van der Waals surface area contributed by atoms with Gasteiger partial charge in [-0.1, -0.05) is 23.7 Å². The second-order valence-electron chi connectivity index (χ2n) is 8.11. The number of rotatable bonds is 3. The minimum absolute atomic E-state index is 0.124. The average molecular weight is 426 g/mol. The van der Waals surface area contributed by atoms with Crippen molar-refractivity contribution in [1.82, 2.24) is 0 Å². The molecule has 156 valence electrons. The molecule has 0 N–H and O–H groups in total. The van der Waals surface area contributed by atoms with E-state index in [4.69, 9.17) is 25.8 Å². The molecule has 3 aliphatic rings. The highest BCUT2D eigenvalue weighted by atomic mass is 35.5. The SMILES string of the molecule is COc1ccc(N2COC3CCC4C(=O)C(c5ccc(Cl)cc5)=COC4C3C2)cc1. The number of halogens is 1. The molecule has 0 bridgehead atoms. The van der Waals surface area contributed by atoms with Crippen LogP contribution in [-0.4, -0.2) is 38.4 Å². The molecule has 0 aromatic heterocycles. The number of hydrogen-bond acceptors (Lipinski definition) is 5. The highest BCUT2D eigenvalue weighted by molar-refractivity contribution is 6.30. The smallest absolute Gasteiger partial charge is 0.173 e. The van der Waals surface area contributed by atoms with Gasteiger partial charge in [-0.2, -0.15) is 0 Å². The molecule has 5 nitrogen and oxygen atoms in total. The van der Waals surface area contributed by atoms with Gasteiger partial charge in [-0.25, -0.2) is 0 Å². The first-order chi connectivity index (χ1) is 14.6. The van der Waals surface area contributed by atoms with Gasteiger partial charge in [0.25, 0.3) is 0 Å². The van der Waals surface area contributed by atoms with Gasteiger partial charge in [-0.05, 0) is 54.8 Å². The lowest BCUT2D eigenvalue weighted by Gasteiger charge is -2.48. The Morgan fingerprint density at radius 2 is 1.83 bits per heavy atom. The minimum atomic E-state index is -0.159. The van der Waals surface area contributed by atoms with Crippen molar-refractivity contribution in [2.45, 2.75) is 25.0 Å². The molecule has 4 atom stereocenters. The van der Waals surface area contributed by atoms with Crippen molar-refractivity contribution in [2.75, 3.05) is 25.3 Å². The van der Waals surface area contributed by atoms with E-state index in [0.29, 0.717) is 17.3 Å². The summed E-state index contributed by atoms with van der Waals surface area (Å²) in [4.78, 5) is 15.5. The Labute approximate surface area is 181 Å². The van der Waals surface area contributed by atoms with E-state index in [1.54, 1.807) is 25.5 Å². The minimum Gasteiger partial charge on any atom is -0.497 e. The Bertz CT molecular complexity index is 956. The molecule has 0 radical (unpaired) electrons. The lowest BCUT2D eigenvalue weighted by molar-refractivity contribution is -0.140. The molecular weight excluding hydrogens is 402 g/mol. The molecule has 1 aliphatic carbocycles. The molecule has 2 aromatic rings. The number of hydrogen-bond donors (Lipinski definition) is 0. The molecule has 1 saturated heterocycles. The van der Waals surface area contributed by atoms with E-state index in [9.17, 15) is 4.79 Å². The van der Waals surface area contributed by atoms with Gasteiger partial charge in [-0.15, -0.1) is 0 Å². The van der Waals surface area contributed by atoms with E-state index in [1.165, 1.54) is 0 Å². The number of nitrogens with zero attached hydrogens (tertiary/aromatic N) is 1. The highest BCUT2D eigenvalue weighted by Crippen LogP contribution is 2.42. The van der Waals surface area contributed by atoms with Gasteiger partial charge in [0.2, 0.25) is 0 Å². The predicted molar refractivity (Wildman–Crippen MR) is 116 cm³/mol. The zero-order valence-corrected chi connectivity index (χ0v) is 17.5. The van der Waals surface area contributed by atoms with Crippen LogP contribution in [0.2, 0.25) is 5.02 Å². The van der Waals surface area contributed by atoms with Crippen molar-refractivity contribution in [3.8, 4) is 5.75 Å². The molecule has 4 unspecified atom stereocenters. The Morgan fingerprint density at radius 3 is 2.57 bits per heavy atom. The third-order valence-corrected chi connectivity index (χ3v) is 6.72. The summed E-state index contributed by atoms with van der Waals surface area (Å²) in [6, 6.07) is 15.3. The van der Waals surface area contributed by atoms with E-state index in [0.717, 1.165) is 36.4 Å². The van der Waals surface area contributed by atoms with Crippen LogP contribution in [0.25, 0.3) is 5.57 Å². The summed E-state index contributed by atoms with van der Waals surface area (Å²) in [5.41, 5.74) is 2.57. The van der Waals surface area contributed by atoms with Crippen LogP contribution in [-0.2, 0) is 14.3 Å². The predicted octanol–water partition coefficient (Wildman–Crippen LogP) is 4.55. The number of carbonyl (C=O) groups excluding carboxylic acids is 1. The van der Waals surface area contributed by atoms with Crippen molar-refractivity contribution in [2.24, 2.45) is 11.8 Å². The number of benzene rings is 2. The van der Waals surface area contributed by atoms with Crippen molar-refractivity contribution in [3.05, 3.63) is 65.4 Å². The third-order valence-electron chi connectivity index (χ3n) is 6.47. The lowest BCUT2D eigenvalue weighted by atomic mass is 9.71. The Kier molecular flexibility index (Phi) is 5.17. The normalized spacial score (nSPS) is 28.1. The fraction of sp³-hybridized carbons (Fsp3) is 0.375. The summed E-state index contributed by atoms with van der Waals surface area (Å²) in [6.45, 7) is 1.35. The molecule has 2 heterocycles. The third kappa shape index (κ3) is 3.46. The van der Waals surface area contributed by atoms with Gasteiger partial charge in [-0.3, -0.25) is 4.79 Å². The summed E-state index contributed by atoms with van der Waals surface area (Å²) in [7, 11) is 1.66. The van der Waals surface area contributed by atoms with Crippen LogP contribution in [0.15, 0.2) is 54.8 Å². The number of anilines is 1. The molecule has 5 rings (SSSR count). The highest BCUT2D eigenvalue weighted by Gasteiger charge is 2.49. The first-order valence-electron chi connectivity index (χ1n) is 10.3. The zero-order valence-electron chi connectivity index (χ0n) is 16.8. The zero-order chi connectivity index (χ0) is 20.7. The van der Waals surface area contributed by atoms with E-state index in [1.807, 2.05) is 36.4 Å². The molecule has 30 heavy (non-hydrogen) atoms. The lowest BCUT2D eigenvalue weighted by Crippen LogP contribution is -2.56. The number of ketones is 1. The van der Waals surface area contributed by atoms with Crippen LogP contribution in [0.1, 0.15) is 18.4 Å². The number of Topliss-reactive ketones (excluding diaryl/α,β-unsaturated/α-hetero) is 1. The van der Waals surface area contributed by atoms with Crippen LogP contribution in [0.4, 0.5) is 5.69 Å². The quantitative estimate of drug-likeness (QED) is 0.722. The van der Waals surface area contributed by atoms with Crippen LogP contribution in [0.5, 0.6) is 5.75 Å². The standard InChI is InChI=1S/C24H24ClNO4/c1-28-18-8-6-17(7-9-18)26-12-20-22(30-14-26)11-10-19-23(27)21(13-29-24(19)20)15-2-4-16(25)5-3-15/h2-9,13,19-20,22,24H,10-12,14H2,1H3. The largest absolute Gasteiger partial charge is 0.497 e. The maximum absolute atomic E-state index is 13.3. The molecule has 2 fully saturated rings. The van der Waals surface area contributed by atoms with Crippen LogP contribution in [0, 0.1) is 11.8 Å². The van der Waals surface area contributed by atoms with Gasteiger partial charge in [0, 0.05) is 23.2 Å². The Balaban J connectivity index is 1.37. The first-order valence-corrected chi connectivity index (χ1v) is 10.7. The number of fused-ring (bicyclic) bond motifs is 3. The molecular formula is C24H24ClNO4. The number of allylic oxidation sites excluding steroid dienone is 1. The summed E-state index contributed by atoms with van der Waals surface area (Å²) in [6.07, 6.45) is 3.28. The van der Waals surface area contributed by atoms with Crippen molar-refractivity contribution >= 4 is 28.6 Å². The molecule has 0 spiro atoms. The summed E-state index contributed by atoms with van der Waals surface area (Å²) in [5.74, 6) is 0.995. The van der Waals surface area contributed by atoms with Gasteiger partial charge in [0.05, 0.1) is 31.0 Å². The summed E-state index contributed by atoms with van der Waals surface area (Å²) in [5, 5.41) is 0.653. The number of carbonyl (C=O) groups is 1. The fourth-order valence-corrected chi connectivity index (χ4v) is 4.97. The Hall–Kier alpha value is -2.50. The van der Waals surface area contributed by atoms with E-state index < -0.39 is 0 Å².